The fourth-order valence-electron chi connectivity index (χ4n) is 1.99. The number of fused-ring (bicyclic) bond motifs is 1. The minimum absolute atomic E-state index is 0.00779. The highest BCUT2D eigenvalue weighted by Crippen LogP contribution is 2.22. The Hall–Kier alpha value is -1.63. The molecule has 2 aromatic heterocycles. The van der Waals surface area contributed by atoms with Crippen LogP contribution in [0.3, 0.4) is 0 Å². The van der Waals surface area contributed by atoms with Crippen molar-refractivity contribution in [1.29, 1.82) is 0 Å². The van der Waals surface area contributed by atoms with Gasteiger partial charge in [-0.3, -0.25) is 4.40 Å². The third-order valence-corrected chi connectivity index (χ3v) is 3.09. The summed E-state index contributed by atoms with van der Waals surface area (Å²) >= 11 is 0. The van der Waals surface area contributed by atoms with Gasteiger partial charge in [-0.15, -0.1) is 10.2 Å². The minimum Gasteiger partial charge on any atom is -0.307 e. The predicted molar refractivity (Wildman–Crippen MR) is 69.2 cm³/mol. The second-order valence-corrected chi connectivity index (χ2v) is 4.83. The van der Waals surface area contributed by atoms with Gasteiger partial charge in [-0.25, -0.2) is 0 Å². The Balaban J connectivity index is 1.80. The molecule has 110 valence electrons. The lowest BCUT2D eigenvalue weighted by Gasteiger charge is -2.13. The second kappa shape index (κ2) is 6.21. The Morgan fingerprint density at radius 2 is 2.10 bits per heavy atom. The molecule has 0 amide bonds. The molecule has 2 aromatic rings. The van der Waals surface area contributed by atoms with Crippen LogP contribution in [0, 0.1) is 0 Å². The summed E-state index contributed by atoms with van der Waals surface area (Å²) in [5.41, 5.74) is 0.758. The summed E-state index contributed by atoms with van der Waals surface area (Å²) in [4.78, 5) is 0. The van der Waals surface area contributed by atoms with Crippen molar-refractivity contribution >= 4 is 5.65 Å². The minimum atomic E-state index is -4.07. The van der Waals surface area contributed by atoms with Crippen LogP contribution in [-0.4, -0.2) is 26.8 Å². The summed E-state index contributed by atoms with van der Waals surface area (Å²) in [5, 5.41) is 11.2. The molecule has 0 saturated heterocycles. The van der Waals surface area contributed by atoms with Crippen LogP contribution in [0.25, 0.3) is 5.65 Å². The Kier molecular flexibility index (Phi) is 4.59. The van der Waals surface area contributed by atoms with E-state index in [9.17, 15) is 13.2 Å². The monoisotopic (exact) mass is 286 g/mol. The summed E-state index contributed by atoms with van der Waals surface area (Å²) in [6.45, 7) is 2.36. The molecule has 7 heteroatoms. The molecule has 0 fully saturated rings. The van der Waals surface area contributed by atoms with E-state index in [2.05, 4.69) is 15.5 Å². The molecule has 0 spiro atoms. The van der Waals surface area contributed by atoms with E-state index in [1.807, 2.05) is 35.7 Å². The zero-order valence-corrected chi connectivity index (χ0v) is 11.2. The van der Waals surface area contributed by atoms with Gasteiger partial charge in [0.15, 0.2) is 11.5 Å². The lowest BCUT2D eigenvalue weighted by Crippen LogP contribution is -2.26. The van der Waals surface area contributed by atoms with Crippen molar-refractivity contribution in [3.63, 3.8) is 0 Å². The number of pyridine rings is 1. The van der Waals surface area contributed by atoms with Gasteiger partial charge in [-0.1, -0.05) is 6.07 Å². The van der Waals surface area contributed by atoms with E-state index in [-0.39, 0.29) is 12.5 Å². The van der Waals surface area contributed by atoms with Crippen molar-refractivity contribution in [2.24, 2.45) is 0 Å². The fourth-order valence-corrected chi connectivity index (χ4v) is 1.99. The summed E-state index contributed by atoms with van der Waals surface area (Å²) < 4.78 is 38.0. The van der Waals surface area contributed by atoms with Gasteiger partial charge in [-0.2, -0.15) is 13.2 Å². The van der Waals surface area contributed by atoms with E-state index in [1.165, 1.54) is 0 Å². The lowest BCUT2D eigenvalue weighted by molar-refractivity contribution is -0.135. The maximum Gasteiger partial charge on any atom is 0.389 e. The second-order valence-electron chi connectivity index (χ2n) is 4.83. The number of alkyl halides is 3. The summed E-state index contributed by atoms with van der Waals surface area (Å²) in [6, 6.07) is 5.62. The smallest absolute Gasteiger partial charge is 0.307 e. The van der Waals surface area contributed by atoms with E-state index in [1.54, 1.807) is 0 Å². The van der Waals surface area contributed by atoms with Gasteiger partial charge in [0.1, 0.15) is 0 Å². The Morgan fingerprint density at radius 1 is 1.30 bits per heavy atom. The van der Waals surface area contributed by atoms with E-state index >= 15 is 0 Å². The molecule has 20 heavy (non-hydrogen) atoms. The van der Waals surface area contributed by atoms with E-state index in [0.717, 1.165) is 11.5 Å². The van der Waals surface area contributed by atoms with Gasteiger partial charge in [0.05, 0.1) is 6.54 Å². The van der Waals surface area contributed by atoms with Crippen LogP contribution >= 0.6 is 0 Å². The zero-order chi connectivity index (χ0) is 14.6. The number of hydrogen-bond acceptors (Lipinski definition) is 3. The highest BCUT2D eigenvalue weighted by atomic mass is 19.4. The number of hydrogen-bond donors (Lipinski definition) is 1. The Labute approximate surface area is 115 Å². The highest BCUT2D eigenvalue weighted by Gasteiger charge is 2.26. The first kappa shape index (κ1) is 14.8. The molecule has 1 N–H and O–H groups in total. The van der Waals surface area contributed by atoms with Crippen LogP contribution in [0.2, 0.25) is 0 Å². The summed E-state index contributed by atoms with van der Waals surface area (Å²) in [7, 11) is 0. The zero-order valence-electron chi connectivity index (χ0n) is 11.2. The third kappa shape index (κ3) is 4.19. The van der Waals surface area contributed by atoms with Crippen molar-refractivity contribution in [1.82, 2.24) is 19.9 Å². The molecule has 1 atom stereocenters. The average Bonchev–Trinajstić information content (AvgIpc) is 2.78. The van der Waals surface area contributed by atoms with Crippen LogP contribution in [0.4, 0.5) is 13.2 Å². The largest absolute Gasteiger partial charge is 0.389 e. The van der Waals surface area contributed by atoms with Crippen LogP contribution in [0.1, 0.15) is 32.0 Å². The predicted octanol–water partition coefficient (Wildman–Crippen LogP) is 2.94. The van der Waals surface area contributed by atoms with E-state index in [4.69, 9.17) is 0 Å². The third-order valence-electron chi connectivity index (χ3n) is 3.09. The topological polar surface area (TPSA) is 42.2 Å². The van der Waals surface area contributed by atoms with Crippen molar-refractivity contribution < 1.29 is 13.2 Å². The van der Waals surface area contributed by atoms with Gasteiger partial charge in [0, 0.05) is 18.7 Å². The molecule has 0 saturated carbocycles. The molecule has 0 aromatic carbocycles. The van der Waals surface area contributed by atoms with E-state index in [0.29, 0.717) is 13.0 Å². The normalized spacial score (nSPS) is 13.8. The van der Waals surface area contributed by atoms with Gasteiger partial charge in [-0.05, 0) is 31.9 Å². The number of nitrogens with zero attached hydrogens (tertiary/aromatic N) is 3. The molecule has 4 nitrogen and oxygen atoms in total. The van der Waals surface area contributed by atoms with Crippen LogP contribution in [0.15, 0.2) is 24.4 Å². The van der Waals surface area contributed by atoms with Crippen LogP contribution < -0.4 is 5.32 Å². The highest BCUT2D eigenvalue weighted by molar-refractivity contribution is 5.36. The molecule has 0 aliphatic carbocycles. The first-order valence-electron chi connectivity index (χ1n) is 6.54. The number of rotatable bonds is 6. The number of halogens is 3. The van der Waals surface area contributed by atoms with Crippen molar-refractivity contribution in [2.75, 3.05) is 0 Å². The molecule has 2 rings (SSSR count). The fraction of sp³-hybridized carbons (Fsp3) is 0.538. The van der Waals surface area contributed by atoms with Gasteiger partial charge in [0.25, 0.3) is 0 Å². The molecule has 0 bridgehead atoms. The molecule has 0 aliphatic rings. The van der Waals surface area contributed by atoms with E-state index < -0.39 is 12.6 Å². The van der Waals surface area contributed by atoms with Gasteiger partial charge >= 0.3 is 6.18 Å². The summed E-state index contributed by atoms with van der Waals surface area (Å²) in [5.74, 6) is 0.753. The first-order valence-corrected chi connectivity index (χ1v) is 6.54. The molecule has 0 radical (unpaired) electrons. The molecule has 2 heterocycles. The quantitative estimate of drug-likeness (QED) is 0.887. The molecular formula is C13H17F3N4. The Morgan fingerprint density at radius 3 is 2.85 bits per heavy atom. The van der Waals surface area contributed by atoms with Gasteiger partial charge < -0.3 is 5.32 Å². The number of aromatic nitrogens is 3. The van der Waals surface area contributed by atoms with Gasteiger partial charge in [0.2, 0.25) is 0 Å². The van der Waals surface area contributed by atoms with Crippen LogP contribution in [0.5, 0.6) is 0 Å². The number of nitrogens with one attached hydrogen (secondary N) is 1. The SMILES string of the molecule is CC(CCCC(F)(F)F)NCc1nnc2ccccn12. The summed E-state index contributed by atoms with van der Waals surface area (Å²) in [6.07, 6.45) is -2.31. The molecule has 1 unspecified atom stereocenters. The lowest BCUT2D eigenvalue weighted by atomic mass is 10.1. The molecule has 0 aliphatic heterocycles. The first-order chi connectivity index (χ1) is 9.46. The maximum atomic E-state index is 12.0. The van der Waals surface area contributed by atoms with Crippen LogP contribution in [-0.2, 0) is 6.54 Å². The average molecular weight is 286 g/mol. The molecular weight excluding hydrogens is 269 g/mol. The van der Waals surface area contributed by atoms with Crippen molar-refractivity contribution in [3.05, 3.63) is 30.2 Å². The van der Waals surface area contributed by atoms with Crippen molar-refractivity contribution in [2.45, 2.75) is 44.9 Å². The maximum absolute atomic E-state index is 12.0. The van der Waals surface area contributed by atoms with Crippen molar-refractivity contribution in [3.8, 4) is 0 Å². The Bertz CT molecular complexity index is 550. The standard InChI is InChI=1S/C13H17F3N4/c1-10(5-4-7-13(14,15)16)17-9-12-19-18-11-6-2-3-8-20(11)12/h2-3,6,8,10,17H,4-5,7,9H2,1H3.